The summed E-state index contributed by atoms with van der Waals surface area (Å²) in [6.45, 7) is 0. The molecule has 7 heteroatoms. The SMILES string of the molecule is CN(C)c1ccc(NS(=O)(=O)c2cccc(Cl)c2Cl)cc1. The van der Waals surface area contributed by atoms with E-state index in [0.29, 0.717) is 5.69 Å². The van der Waals surface area contributed by atoms with E-state index in [2.05, 4.69) is 4.72 Å². The van der Waals surface area contributed by atoms with Crippen molar-refractivity contribution >= 4 is 44.6 Å². The molecule has 2 aromatic rings. The average Bonchev–Trinajstić information content (AvgIpc) is 2.41. The summed E-state index contributed by atoms with van der Waals surface area (Å²) in [7, 11) is 0.0357. The zero-order chi connectivity index (χ0) is 15.6. The van der Waals surface area contributed by atoms with Crippen LogP contribution in [0.2, 0.25) is 10.0 Å². The maximum absolute atomic E-state index is 12.3. The van der Waals surface area contributed by atoms with Gasteiger partial charge in [-0.25, -0.2) is 8.42 Å². The predicted octanol–water partition coefficient (Wildman–Crippen LogP) is 3.86. The van der Waals surface area contributed by atoms with Crippen LogP contribution in [0.5, 0.6) is 0 Å². The fourth-order valence-electron chi connectivity index (χ4n) is 1.73. The molecule has 0 radical (unpaired) electrons. The van der Waals surface area contributed by atoms with Gasteiger partial charge < -0.3 is 4.90 Å². The highest BCUT2D eigenvalue weighted by atomic mass is 35.5. The minimum atomic E-state index is -3.78. The van der Waals surface area contributed by atoms with Crippen LogP contribution in [0, 0.1) is 0 Å². The third-order valence-corrected chi connectivity index (χ3v) is 5.20. The smallest absolute Gasteiger partial charge is 0.263 e. The van der Waals surface area contributed by atoms with Crippen molar-refractivity contribution < 1.29 is 8.42 Å². The quantitative estimate of drug-likeness (QED) is 0.915. The largest absolute Gasteiger partial charge is 0.378 e. The fraction of sp³-hybridized carbons (Fsp3) is 0.143. The maximum Gasteiger partial charge on any atom is 0.263 e. The second-order valence-electron chi connectivity index (χ2n) is 4.60. The summed E-state index contributed by atoms with van der Waals surface area (Å²) < 4.78 is 27.1. The molecule has 0 aliphatic heterocycles. The van der Waals surface area contributed by atoms with E-state index >= 15 is 0 Å². The zero-order valence-corrected chi connectivity index (χ0v) is 13.8. The van der Waals surface area contributed by atoms with E-state index in [0.717, 1.165) is 5.69 Å². The van der Waals surface area contributed by atoms with Gasteiger partial charge in [-0.2, -0.15) is 0 Å². The lowest BCUT2D eigenvalue weighted by Crippen LogP contribution is -2.14. The van der Waals surface area contributed by atoms with Gasteiger partial charge in [0.15, 0.2) is 0 Å². The Kier molecular flexibility index (Phi) is 4.66. The third kappa shape index (κ3) is 3.61. The van der Waals surface area contributed by atoms with E-state index in [4.69, 9.17) is 23.2 Å². The molecule has 21 heavy (non-hydrogen) atoms. The first-order chi connectivity index (χ1) is 9.81. The van der Waals surface area contributed by atoms with E-state index < -0.39 is 10.0 Å². The number of nitrogens with zero attached hydrogens (tertiary/aromatic N) is 1. The Morgan fingerprint density at radius 3 is 2.19 bits per heavy atom. The normalized spacial score (nSPS) is 11.2. The Morgan fingerprint density at radius 1 is 1.00 bits per heavy atom. The van der Waals surface area contributed by atoms with Gasteiger partial charge in [0, 0.05) is 25.5 Å². The monoisotopic (exact) mass is 344 g/mol. The topological polar surface area (TPSA) is 49.4 Å². The molecule has 0 aliphatic carbocycles. The molecule has 0 unspecified atom stereocenters. The molecule has 0 saturated carbocycles. The van der Waals surface area contributed by atoms with Crippen LogP contribution in [0.3, 0.4) is 0 Å². The third-order valence-electron chi connectivity index (χ3n) is 2.84. The van der Waals surface area contributed by atoms with Crippen LogP contribution >= 0.6 is 23.2 Å². The molecular formula is C14H14Cl2N2O2S. The summed E-state index contributed by atoms with van der Waals surface area (Å²) in [5.74, 6) is 0. The Labute approximate surface area is 134 Å². The standard InChI is InChI=1S/C14H14Cl2N2O2S/c1-18(2)11-8-6-10(7-9-11)17-21(19,20)13-5-3-4-12(15)14(13)16/h3-9,17H,1-2H3. The summed E-state index contributed by atoms with van der Waals surface area (Å²) in [5.41, 5.74) is 1.43. The molecule has 0 heterocycles. The molecule has 112 valence electrons. The van der Waals surface area contributed by atoms with Crippen molar-refractivity contribution in [3.05, 3.63) is 52.5 Å². The van der Waals surface area contributed by atoms with Gasteiger partial charge in [0.25, 0.3) is 10.0 Å². The van der Waals surface area contributed by atoms with Gasteiger partial charge in [-0.15, -0.1) is 0 Å². The summed E-state index contributed by atoms with van der Waals surface area (Å²) in [4.78, 5) is 1.87. The van der Waals surface area contributed by atoms with Crippen molar-refractivity contribution in [1.29, 1.82) is 0 Å². The van der Waals surface area contributed by atoms with E-state index in [1.807, 2.05) is 31.1 Å². The Morgan fingerprint density at radius 2 is 1.62 bits per heavy atom. The molecule has 0 spiro atoms. The molecular weight excluding hydrogens is 331 g/mol. The van der Waals surface area contributed by atoms with E-state index in [1.165, 1.54) is 18.2 Å². The zero-order valence-electron chi connectivity index (χ0n) is 11.5. The van der Waals surface area contributed by atoms with Crippen molar-refractivity contribution in [3.8, 4) is 0 Å². The minimum absolute atomic E-state index is 0.0107. The first-order valence-electron chi connectivity index (χ1n) is 6.05. The number of benzene rings is 2. The average molecular weight is 345 g/mol. The first kappa shape index (κ1) is 15.9. The fourth-order valence-corrected chi connectivity index (χ4v) is 3.55. The van der Waals surface area contributed by atoms with Gasteiger partial charge in [0.2, 0.25) is 0 Å². The summed E-state index contributed by atoms with van der Waals surface area (Å²) in [6, 6.07) is 11.5. The van der Waals surface area contributed by atoms with Crippen LogP contribution in [-0.2, 0) is 10.0 Å². The van der Waals surface area contributed by atoms with Gasteiger partial charge in [-0.05, 0) is 36.4 Å². The van der Waals surface area contributed by atoms with Crippen LogP contribution in [0.4, 0.5) is 11.4 Å². The number of nitrogens with one attached hydrogen (secondary N) is 1. The maximum atomic E-state index is 12.3. The second kappa shape index (κ2) is 6.13. The van der Waals surface area contributed by atoms with E-state index in [1.54, 1.807) is 12.1 Å². The van der Waals surface area contributed by atoms with Crippen LogP contribution in [0.1, 0.15) is 0 Å². The highest BCUT2D eigenvalue weighted by molar-refractivity contribution is 7.92. The molecule has 4 nitrogen and oxygen atoms in total. The van der Waals surface area contributed by atoms with Crippen LogP contribution in [0.25, 0.3) is 0 Å². The number of anilines is 2. The van der Waals surface area contributed by atoms with E-state index in [-0.39, 0.29) is 14.9 Å². The number of rotatable bonds is 4. The number of hydrogen-bond donors (Lipinski definition) is 1. The highest BCUT2D eigenvalue weighted by Gasteiger charge is 2.19. The Hall–Kier alpha value is -1.43. The van der Waals surface area contributed by atoms with Crippen molar-refractivity contribution in [1.82, 2.24) is 0 Å². The second-order valence-corrected chi connectivity index (χ2v) is 7.03. The van der Waals surface area contributed by atoms with Crippen molar-refractivity contribution in [2.45, 2.75) is 4.90 Å². The van der Waals surface area contributed by atoms with Crippen molar-refractivity contribution in [3.63, 3.8) is 0 Å². The number of sulfonamides is 1. The summed E-state index contributed by atoms with van der Waals surface area (Å²) in [5, 5.41) is 0.207. The van der Waals surface area contributed by atoms with Gasteiger partial charge in [-0.1, -0.05) is 29.3 Å². The van der Waals surface area contributed by atoms with E-state index in [9.17, 15) is 8.42 Å². The van der Waals surface area contributed by atoms with Gasteiger partial charge in [0.05, 0.1) is 10.0 Å². The molecule has 0 amide bonds. The minimum Gasteiger partial charge on any atom is -0.378 e. The van der Waals surface area contributed by atoms with Crippen LogP contribution < -0.4 is 9.62 Å². The molecule has 0 aromatic heterocycles. The molecule has 0 atom stereocenters. The number of hydrogen-bond acceptors (Lipinski definition) is 3. The lowest BCUT2D eigenvalue weighted by atomic mass is 10.3. The van der Waals surface area contributed by atoms with Crippen molar-refractivity contribution in [2.24, 2.45) is 0 Å². The molecule has 2 aromatic carbocycles. The summed E-state index contributed by atoms with van der Waals surface area (Å²) in [6.07, 6.45) is 0. The summed E-state index contributed by atoms with van der Waals surface area (Å²) >= 11 is 11.8. The molecule has 2 rings (SSSR count). The lowest BCUT2D eigenvalue weighted by molar-refractivity contribution is 0.601. The highest BCUT2D eigenvalue weighted by Crippen LogP contribution is 2.30. The van der Waals surface area contributed by atoms with Crippen LogP contribution in [0.15, 0.2) is 47.4 Å². The molecule has 0 saturated heterocycles. The first-order valence-corrected chi connectivity index (χ1v) is 8.29. The van der Waals surface area contributed by atoms with Gasteiger partial charge in [0.1, 0.15) is 4.90 Å². The molecule has 0 aliphatic rings. The van der Waals surface area contributed by atoms with Crippen molar-refractivity contribution in [2.75, 3.05) is 23.7 Å². The number of halogens is 2. The van der Waals surface area contributed by atoms with Gasteiger partial charge >= 0.3 is 0 Å². The Bertz CT molecular complexity index is 744. The molecule has 1 N–H and O–H groups in total. The molecule has 0 bridgehead atoms. The van der Waals surface area contributed by atoms with Gasteiger partial charge in [-0.3, -0.25) is 4.72 Å². The Balaban J connectivity index is 2.31. The van der Waals surface area contributed by atoms with Crippen LogP contribution in [-0.4, -0.2) is 22.5 Å². The predicted molar refractivity (Wildman–Crippen MR) is 88.0 cm³/mol. The lowest BCUT2D eigenvalue weighted by Gasteiger charge is -2.14. The molecule has 0 fully saturated rings.